The molecule has 92 valence electrons. The van der Waals surface area contributed by atoms with Crippen LogP contribution in [0.3, 0.4) is 0 Å². The maximum Gasteiger partial charge on any atom is 0.407 e. The predicted octanol–water partition coefficient (Wildman–Crippen LogP) is 3.10. The Balaban J connectivity index is 2.81. The van der Waals surface area contributed by atoms with E-state index in [1.54, 1.807) is 18.2 Å². The number of rotatable bonds is 5. The molecule has 0 bridgehead atoms. The Morgan fingerprint density at radius 1 is 1.53 bits per heavy atom. The van der Waals surface area contributed by atoms with Crippen LogP contribution in [0.4, 0.5) is 9.18 Å². The first-order valence-electron chi connectivity index (χ1n) is 5.35. The van der Waals surface area contributed by atoms with Gasteiger partial charge in [-0.2, -0.15) is 0 Å². The van der Waals surface area contributed by atoms with Crippen molar-refractivity contribution in [1.82, 2.24) is 4.90 Å². The first-order valence-corrected chi connectivity index (χ1v) is 5.35. The molecule has 0 saturated carbocycles. The first kappa shape index (κ1) is 13.2. The van der Waals surface area contributed by atoms with Crippen molar-refractivity contribution in [2.24, 2.45) is 0 Å². The van der Waals surface area contributed by atoms with E-state index in [1.807, 2.05) is 0 Å². The average Bonchev–Trinajstić information content (AvgIpc) is 2.29. The zero-order valence-electron chi connectivity index (χ0n) is 9.77. The molecule has 1 amide bonds. The van der Waals surface area contributed by atoms with Crippen LogP contribution in [0.25, 0.3) is 0 Å². The molecule has 1 rings (SSSR count). The Labute approximate surface area is 100 Å². The highest BCUT2D eigenvalue weighted by molar-refractivity contribution is 5.64. The van der Waals surface area contributed by atoms with E-state index >= 15 is 0 Å². The fourth-order valence-electron chi connectivity index (χ4n) is 1.66. The zero-order chi connectivity index (χ0) is 12.8. The van der Waals surface area contributed by atoms with Gasteiger partial charge >= 0.3 is 6.09 Å². The summed E-state index contributed by atoms with van der Waals surface area (Å²) in [6, 6.07) is 6.12. The summed E-state index contributed by atoms with van der Waals surface area (Å²) in [4.78, 5) is 12.0. The Kier molecular flexibility index (Phi) is 4.69. The molecule has 1 aromatic carbocycles. The quantitative estimate of drug-likeness (QED) is 0.799. The number of hydrogen-bond acceptors (Lipinski definition) is 1. The van der Waals surface area contributed by atoms with Crippen LogP contribution in [-0.2, 0) is 0 Å². The Morgan fingerprint density at radius 3 is 2.59 bits per heavy atom. The van der Waals surface area contributed by atoms with Gasteiger partial charge in [0.25, 0.3) is 0 Å². The molecule has 0 unspecified atom stereocenters. The molecule has 0 heterocycles. The predicted molar refractivity (Wildman–Crippen MR) is 64.6 cm³/mol. The van der Waals surface area contributed by atoms with Gasteiger partial charge in [-0.05, 0) is 24.1 Å². The fraction of sp³-hybridized carbons (Fsp3) is 0.308. The smallest absolute Gasteiger partial charge is 0.407 e. The van der Waals surface area contributed by atoms with Gasteiger partial charge in [-0.1, -0.05) is 18.2 Å². The molecule has 17 heavy (non-hydrogen) atoms. The van der Waals surface area contributed by atoms with Crippen LogP contribution < -0.4 is 0 Å². The van der Waals surface area contributed by atoms with Crippen LogP contribution >= 0.6 is 0 Å². The van der Waals surface area contributed by atoms with Crippen LogP contribution in [0, 0.1) is 5.82 Å². The molecule has 1 atom stereocenters. The van der Waals surface area contributed by atoms with Gasteiger partial charge in [0.1, 0.15) is 5.82 Å². The molecule has 4 heteroatoms. The maximum absolute atomic E-state index is 12.8. The average molecular weight is 237 g/mol. The summed E-state index contributed by atoms with van der Waals surface area (Å²) in [5.74, 6) is -0.285. The van der Waals surface area contributed by atoms with Gasteiger partial charge in [-0.15, -0.1) is 6.58 Å². The second kappa shape index (κ2) is 6.03. The highest BCUT2D eigenvalue weighted by atomic mass is 19.1. The Morgan fingerprint density at radius 2 is 2.12 bits per heavy atom. The molecule has 3 nitrogen and oxygen atoms in total. The van der Waals surface area contributed by atoms with E-state index in [4.69, 9.17) is 5.11 Å². The first-order chi connectivity index (χ1) is 8.04. The highest BCUT2D eigenvalue weighted by Gasteiger charge is 2.15. The van der Waals surface area contributed by atoms with Crippen molar-refractivity contribution < 1.29 is 14.3 Å². The lowest BCUT2D eigenvalue weighted by atomic mass is 9.95. The van der Waals surface area contributed by atoms with Crippen LogP contribution in [0.1, 0.15) is 17.9 Å². The summed E-state index contributed by atoms with van der Waals surface area (Å²) in [7, 11) is 1.52. The second-order valence-corrected chi connectivity index (χ2v) is 3.94. The molecule has 0 radical (unpaired) electrons. The molecule has 0 aliphatic rings. The molecule has 0 aliphatic heterocycles. The third-order valence-corrected chi connectivity index (χ3v) is 2.61. The summed E-state index contributed by atoms with van der Waals surface area (Å²) < 4.78 is 12.8. The third kappa shape index (κ3) is 3.90. The number of benzene rings is 1. The molecule has 1 N–H and O–H groups in total. The number of allylic oxidation sites excluding steroid dienone is 1. The summed E-state index contributed by atoms with van der Waals surface area (Å²) >= 11 is 0. The normalized spacial score (nSPS) is 11.9. The van der Waals surface area contributed by atoms with Gasteiger partial charge in [-0.25, -0.2) is 9.18 Å². The second-order valence-electron chi connectivity index (χ2n) is 3.94. The minimum atomic E-state index is -0.971. The SMILES string of the molecule is C=CC[C@H](CN(C)C(=O)O)c1ccc(F)cc1. The lowest BCUT2D eigenvalue weighted by Crippen LogP contribution is -2.29. The zero-order valence-corrected chi connectivity index (χ0v) is 9.77. The highest BCUT2D eigenvalue weighted by Crippen LogP contribution is 2.21. The van der Waals surface area contributed by atoms with E-state index in [9.17, 15) is 9.18 Å². The van der Waals surface area contributed by atoms with Crippen LogP contribution in [0.5, 0.6) is 0 Å². The molecule has 0 fully saturated rings. The van der Waals surface area contributed by atoms with Crippen molar-refractivity contribution in [3.8, 4) is 0 Å². The number of nitrogens with zero attached hydrogens (tertiary/aromatic N) is 1. The van der Waals surface area contributed by atoms with Gasteiger partial charge in [-0.3, -0.25) is 0 Å². The maximum atomic E-state index is 12.8. The number of halogens is 1. The number of carbonyl (C=O) groups is 1. The van der Waals surface area contributed by atoms with Crippen LogP contribution in [-0.4, -0.2) is 29.7 Å². The van der Waals surface area contributed by atoms with Crippen molar-refractivity contribution >= 4 is 6.09 Å². The summed E-state index contributed by atoms with van der Waals surface area (Å²) in [5, 5.41) is 8.83. The van der Waals surface area contributed by atoms with Crippen molar-refractivity contribution in [2.75, 3.05) is 13.6 Å². The van der Waals surface area contributed by atoms with Crippen LogP contribution in [0.2, 0.25) is 0 Å². The van der Waals surface area contributed by atoms with Crippen molar-refractivity contribution in [3.05, 3.63) is 48.3 Å². The van der Waals surface area contributed by atoms with E-state index in [1.165, 1.54) is 24.1 Å². The standard InChI is InChI=1S/C13H16FNO2/c1-3-4-11(9-15(2)13(16)17)10-5-7-12(14)8-6-10/h3,5-8,11H,1,4,9H2,2H3,(H,16,17)/t11-/m1/s1. The van der Waals surface area contributed by atoms with Gasteiger partial charge in [0.2, 0.25) is 0 Å². The number of hydrogen-bond donors (Lipinski definition) is 1. The van der Waals surface area contributed by atoms with E-state index in [2.05, 4.69) is 6.58 Å². The molecule has 1 aromatic rings. The minimum Gasteiger partial charge on any atom is -0.465 e. The van der Waals surface area contributed by atoms with Crippen LogP contribution in [0.15, 0.2) is 36.9 Å². The van der Waals surface area contributed by atoms with E-state index < -0.39 is 6.09 Å². The number of carboxylic acid groups (broad SMARTS) is 1. The molecular weight excluding hydrogens is 221 g/mol. The molecular formula is C13H16FNO2. The number of amides is 1. The van der Waals surface area contributed by atoms with Gasteiger partial charge in [0, 0.05) is 19.5 Å². The van der Waals surface area contributed by atoms with Gasteiger partial charge < -0.3 is 10.0 Å². The van der Waals surface area contributed by atoms with E-state index in [-0.39, 0.29) is 11.7 Å². The third-order valence-electron chi connectivity index (χ3n) is 2.61. The Hall–Kier alpha value is -1.84. The summed E-state index contributed by atoms with van der Waals surface area (Å²) in [6.07, 6.45) is 1.42. The monoisotopic (exact) mass is 237 g/mol. The topological polar surface area (TPSA) is 40.5 Å². The minimum absolute atomic E-state index is 0.00852. The molecule has 0 saturated heterocycles. The fourth-order valence-corrected chi connectivity index (χ4v) is 1.66. The summed E-state index contributed by atoms with van der Waals surface area (Å²) in [5.41, 5.74) is 0.916. The van der Waals surface area contributed by atoms with Crippen molar-refractivity contribution in [2.45, 2.75) is 12.3 Å². The molecule has 0 aliphatic carbocycles. The lowest BCUT2D eigenvalue weighted by molar-refractivity contribution is 0.153. The summed E-state index contributed by atoms with van der Waals surface area (Å²) in [6.45, 7) is 4.02. The van der Waals surface area contributed by atoms with E-state index in [0.717, 1.165) is 5.56 Å². The van der Waals surface area contributed by atoms with Gasteiger partial charge in [0.15, 0.2) is 0 Å². The van der Waals surface area contributed by atoms with E-state index in [0.29, 0.717) is 13.0 Å². The largest absolute Gasteiger partial charge is 0.465 e. The number of likely N-dealkylation sites (N-methyl/N-ethyl adjacent to an activating group) is 1. The van der Waals surface area contributed by atoms with Gasteiger partial charge in [0.05, 0.1) is 0 Å². The van der Waals surface area contributed by atoms with Crippen molar-refractivity contribution in [3.63, 3.8) is 0 Å². The van der Waals surface area contributed by atoms with Crippen molar-refractivity contribution in [1.29, 1.82) is 0 Å². The molecule has 0 aromatic heterocycles. The lowest BCUT2D eigenvalue weighted by Gasteiger charge is -2.21. The molecule has 0 spiro atoms. The Bertz CT molecular complexity index is 389.